The largest absolute Gasteiger partial charge is 0.390 e. The van der Waals surface area contributed by atoms with Crippen molar-refractivity contribution in [2.24, 2.45) is 5.41 Å². The highest BCUT2D eigenvalue weighted by molar-refractivity contribution is 4.88. The minimum Gasteiger partial charge on any atom is -0.390 e. The minimum atomic E-state index is -0.634. The Bertz CT molecular complexity index is 178. The lowest BCUT2D eigenvalue weighted by atomic mass is 9.77. The molecule has 3 heteroatoms. The molecule has 0 aromatic carbocycles. The SMILES string of the molecule is CC(C)(O)C(C)(C)CN1CCOCC1. The van der Waals surface area contributed by atoms with Crippen molar-refractivity contribution in [1.29, 1.82) is 0 Å². The summed E-state index contributed by atoms with van der Waals surface area (Å²) in [6.45, 7) is 12.5. The van der Waals surface area contributed by atoms with E-state index in [1.165, 1.54) is 0 Å². The maximum absolute atomic E-state index is 10.0. The molecule has 0 aromatic rings. The monoisotopic (exact) mass is 201 g/mol. The number of hydrogen-bond donors (Lipinski definition) is 1. The normalized spacial score (nSPS) is 21.2. The van der Waals surface area contributed by atoms with Crippen LogP contribution in [0.15, 0.2) is 0 Å². The molecule has 1 aliphatic heterocycles. The highest BCUT2D eigenvalue weighted by atomic mass is 16.5. The van der Waals surface area contributed by atoms with Gasteiger partial charge in [-0.2, -0.15) is 0 Å². The molecule has 1 saturated heterocycles. The van der Waals surface area contributed by atoms with Crippen LogP contribution in [0.2, 0.25) is 0 Å². The molecule has 3 nitrogen and oxygen atoms in total. The van der Waals surface area contributed by atoms with Crippen molar-refractivity contribution < 1.29 is 9.84 Å². The summed E-state index contributed by atoms with van der Waals surface area (Å²) in [5, 5.41) is 10.0. The van der Waals surface area contributed by atoms with Gasteiger partial charge in [-0.15, -0.1) is 0 Å². The van der Waals surface area contributed by atoms with Crippen molar-refractivity contribution in [3.05, 3.63) is 0 Å². The third-order valence-corrected chi connectivity index (χ3v) is 3.38. The van der Waals surface area contributed by atoms with Gasteiger partial charge in [0.2, 0.25) is 0 Å². The second-order valence-electron chi connectivity index (χ2n) is 5.33. The van der Waals surface area contributed by atoms with E-state index in [2.05, 4.69) is 18.7 Å². The zero-order valence-corrected chi connectivity index (χ0v) is 9.84. The fourth-order valence-electron chi connectivity index (χ4n) is 1.51. The van der Waals surface area contributed by atoms with Gasteiger partial charge >= 0.3 is 0 Å². The summed E-state index contributed by atoms with van der Waals surface area (Å²) in [6, 6.07) is 0. The molecule has 0 atom stereocenters. The van der Waals surface area contributed by atoms with Crippen LogP contribution in [0.3, 0.4) is 0 Å². The Labute approximate surface area is 87.1 Å². The average molecular weight is 201 g/mol. The smallest absolute Gasteiger partial charge is 0.0654 e. The maximum atomic E-state index is 10.0. The van der Waals surface area contributed by atoms with Crippen LogP contribution in [0.5, 0.6) is 0 Å². The number of hydrogen-bond acceptors (Lipinski definition) is 3. The Morgan fingerprint density at radius 1 is 1.14 bits per heavy atom. The van der Waals surface area contributed by atoms with Crippen LogP contribution in [0.1, 0.15) is 27.7 Å². The van der Waals surface area contributed by atoms with Gasteiger partial charge in [0.1, 0.15) is 0 Å². The van der Waals surface area contributed by atoms with Crippen LogP contribution in [0.4, 0.5) is 0 Å². The first-order valence-corrected chi connectivity index (χ1v) is 5.35. The van der Waals surface area contributed by atoms with Crippen LogP contribution in [-0.4, -0.2) is 48.5 Å². The van der Waals surface area contributed by atoms with Gasteiger partial charge in [0.05, 0.1) is 18.8 Å². The van der Waals surface area contributed by atoms with E-state index in [0.29, 0.717) is 0 Å². The number of morpholine rings is 1. The molecule has 1 fully saturated rings. The molecule has 1 aliphatic rings. The van der Waals surface area contributed by atoms with Gasteiger partial charge in [-0.1, -0.05) is 13.8 Å². The number of aliphatic hydroxyl groups is 1. The lowest BCUT2D eigenvalue weighted by Crippen LogP contribution is -2.50. The molecule has 14 heavy (non-hydrogen) atoms. The van der Waals surface area contributed by atoms with E-state index in [9.17, 15) is 5.11 Å². The first kappa shape index (κ1) is 12.0. The van der Waals surface area contributed by atoms with E-state index in [1.807, 2.05) is 13.8 Å². The molecular formula is C11H23NO2. The zero-order chi connectivity index (χ0) is 10.8. The van der Waals surface area contributed by atoms with E-state index < -0.39 is 5.60 Å². The van der Waals surface area contributed by atoms with Gasteiger partial charge in [0.25, 0.3) is 0 Å². The summed E-state index contributed by atoms with van der Waals surface area (Å²) < 4.78 is 5.30. The molecule has 0 spiro atoms. The van der Waals surface area contributed by atoms with Crippen LogP contribution in [-0.2, 0) is 4.74 Å². The highest BCUT2D eigenvalue weighted by Gasteiger charge is 2.36. The van der Waals surface area contributed by atoms with E-state index >= 15 is 0 Å². The van der Waals surface area contributed by atoms with Gasteiger partial charge in [0.15, 0.2) is 0 Å². The molecule has 1 N–H and O–H groups in total. The summed E-state index contributed by atoms with van der Waals surface area (Å²) in [5.41, 5.74) is -0.713. The average Bonchev–Trinajstić information content (AvgIpc) is 2.03. The lowest BCUT2D eigenvalue weighted by Gasteiger charge is -2.42. The number of nitrogens with zero attached hydrogens (tertiary/aromatic N) is 1. The maximum Gasteiger partial charge on any atom is 0.0654 e. The van der Waals surface area contributed by atoms with Crippen LogP contribution in [0, 0.1) is 5.41 Å². The molecule has 0 saturated carbocycles. The Balaban J connectivity index is 2.49. The van der Waals surface area contributed by atoms with Crippen LogP contribution in [0.25, 0.3) is 0 Å². The van der Waals surface area contributed by atoms with Gasteiger partial charge in [0, 0.05) is 25.0 Å². The first-order chi connectivity index (χ1) is 6.33. The van der Waals surface area contributed by atoms with E-state index in [0.717, 1.165) is 32.8 Å². The predicted molar refractivity (Wildman–Crippen MR) is 57.3 cm³/mol. The molecular weight excluding hydrogens is 178 g/mol. The lowest BCUT2D eigenvalue weighted by molar-refractivity contribution is -0.0659. The van der Waals surface area contributed by atoms with Crippen LogP contribution < -0.4 is 0 Å². The fraction of sp³-hybridized carbons (Fsp3) is 1.00. The van der Waals surface area contributed by atoms with Crippen molar-refractivity contribution in [3.8, 4) is 0 Å². The van der Waals surface area contributed by atoms with E-state index in [1.54, 1.807) is 0 Å². The zero-order valence-electron chi connectivity index (χ0n) is 9.84. The van der Waals surface area contributed by atoms with Crippen LogP contribution >= 0.6 is 0 Å². The second-order valence-corrected chi connectivity index (χ2v) is 5.33. The standard InChI is InChI=1S/C11H23NO2/c1-10(2,11(3,4)13)9-12-5-7-14-8-6-12/h13H,5-9H2,1-4H3. The molecule has 0 aliphatic carbocycles. The molecule has 0 unspecified atom stereocenters. The Morgan fingerprint density at radius 2 is 1.64 bits per heavy atom. The second kappa shape index (κ2) is 4.17. The van der Waals surface area contributed by atoms with Crippen molar-refractivity contribution in [2.45, 2.75) is 33.3 Å². The van der Waals surface area contributed by atoms with Crippen molar-refractivity contribution in [1.82, 2.24) is 4.90 Å². The van der Waals surface area contributed by atoms with Gasteiger partial charge in [-0.25, -0.2) is 0 Å². The van der Waals surface area contributed by atoms with Gasteiger partial charge in [-0.3, -0.25) is 4.90 Å². The molecule has 84 valence electrons. The topological polar surface area (TPSA) is 32.7 Å². The van der Waals surface area contributed by atoms with Crippen molar-refractivity contribution in [3.63, 3.8) is 0 Å². The predicted octanol–water partition coefficient (Wildman–Crippen LogP) is 1.12. The number of ether oxygens (including phenoxy) is 1. The molecule has 1 rings (SSSR count). The molecule has 0 bridgehead atoms. The Kier molecular flexibility index (Phi) is 3.56. The third kappa shape index (κ3) is 2.94. The Hall–Kier alpha value is -0.120. The van der Waals surface area contributed by atoms with Gasteiger partial charge < -0.3 is 9.84 Å². The van der Waals surface area contributed by atoms with E-state index in [-0.39, 0.29) is 5.41 Å². The summed E-state index contributed by atoms with van der Waals surface area (Å²) >= 11 is 0. The molecule has 0 radical (unpaired) electrons. The van der Waals surface area contributed by atoms with E-state index in [4.69, 9.17) is 4.74 Å². The summed E-state index contributed by atoms with van der Waals surface area (Å²) in [7, 11) is 0. The number of rotatable bonds is 3. The molecule has 1 heterocycles. The molecule has 0 amide bonds. The van der Waals surface area contributed by atoms with Crippen molar-refractivity contribution in [2.75, 3.05) is 32.8 Å². The first-order valence-electron chi connectivity index (χ1n) is 5.35. The minimum absolute atomic E-state index is 0.0790. The Morgan fingerprint density at radius 3 is 2.07 bits per heavy atom. The molecule has 0 aromatic heterocycles. The quantitative estimate of drug-likeness (QED) is 0.742. The summed E-state index contributed by atoms with van der Waals surface area (Å²) in [4.78, 5) is 2.36. The van der Waals surface area contributed by atoms with Crippen molar-refractivity contribution >= 4 is 0 Å². The third-order valence-electron chi connectivity index (χ3n) is 3.38. The highest BCUT2D eigenvalue weighted by Crippen LogP contribution is 2.31. The fourth-order valence-corrected chi connectivity index (χ4v) is 1.51. The summed E-state index contributed by atoms with van der Waals surface area (Å²) in [6.07, 6.45) is 0. The van der Waals surface area contributed by atoms with Gasteiger partial charge in [-0.05, 0) is 13.8 Å². The summed E-state index contributed by atoms with van der Waals surface area (Å²) in [5.74, 6) is 0.